The Labute approximate surface area is 224 Å². The first-order valence-electron chi connectivity index (χ1n) is 11.9. The van der Waals surface area contributed by atoms with Crippen molar-refractivity contribution in [3.05, 3.63) is 52.4 Å². The summed E-state index contributed by atoms with van der Waals surface area (Å²) in [5.41, 5.74) is 6.50. The highest BCUT2D eigenvalue weighted by Crippen LogP contribution is 2.23. The first kappa shape index (κ1) is 27.5. The van der Waals surface area contributed by atoms with Crippen LogP contribution in [0.4, 0.5) is 0 Å². The molecule has 204 valence electrons. The Morgan fingerprint density at radius 1 is 1.29 bits per heavy atom. The minimum Gasteiger partial charge on any atom is -0.368 e. The van der Waals surface area contributed by atoms with Crippen molar-refractivity contribution >= 4 is 39.1 Å². The van der Waals surface area contributed by atoms with Crippen LogP contribution in [0, 0.1) is 6.92 Å². The maximum Gasteiger partial charge on any atom is 0.272 e. The number of carbonyl (C=O) groups excluding carboxylic acids is 3. The second-order valence-electron chi connectivity index (χ2n) is 9.28. The van der Waals surface area contributed by atoms with Gasteiger partial charge in [-0.05, 0) is 37.3 Å². The summed E-state index contributed by atoms with van der Waals surface area (Å²) in [5, 5.41) is 8.61. The monoisotopic (exact) mass is 562 g/mol. The van der Waals surface area contributed by atoms with Crippen LogP contribution >= 0.6 is 11.3 Å². The summed E-state index contributed by atoms with van der Waals surface area (Å²) in [7, 11) is -0.669. The molecule has 4 rings (SSSR count). The summed E-state index contributed by atoms with van der Waals surface area (Å²) >= 11 is 1.43. The fraction of sp³-hybridized carbons (Fsp3) is 0.435. The lowest BCUT2D eigenvalue weighted by molar-refractivity contribution is -0.131. The van der Waals surface area contributed by atoms with Crippen LogP contribution in [0.5, 0.6) is 0 Å². The van der Waals surface area contributed by atoms with Crippen LogP contribution in [0.3, 0.4) is 0 Å². The van der Waals surface area contributed by atoms with E-state index in [1.807, 2.05) is 17.5 Å². The average Bonchev–Trinajstić information content (AvgIpc) is 3.59. The third-order valence-electron chi connectivity index (χ3n) is 6.31. The summed E-state index contributed by atoms with van der Waals surface area (Å²) in [6, 6.07) is 2.57. The van der Waals surface area contributed by atoms with Gasteiger partial charge in [-0.25, -0.2) is 18.1 Å². The number of imidazole rings is 1. The molecular formula is C23H30N8O5S2. The van der Waals surface area contributed by atoms with Gasteiger partial charge in [-0.1, -0.05) is 6.07 Å². The summed E-state index contributed by atoms with van der Waals surface area (Å²) in [4.78, 5) is 45.3. The lowest BCUT2D eigenvalue weighted by atomic mass is 9.96. The number of nitrogens with two attached hydrogens (primary N) is 1. The second kappa shape index (κ2) is 11.0. The average molecular weight is 563 g/mol. The molecule has 0 aliphatic carbocycles. The predicted molar refractivity (Wildman–Crippen MR) is 138 cm³/mol. The van der Waals surface area contributed by atoms with Gasteiger partial charge in [0.05, 0.1) is 12.0 Å². The number of sulfonamides is 1. The molecule has 0 bridgehead atoms. The van der Waals surface area contributed by atoms with Gasteiger partial charge in [0.1, 0.15) is 17.8 Å². The van der Waals surface area contributed by atoms with Crippen LogP contribution in [0.1, 0.15) is 33.9 Å². The molecule has 3 amide bonds. The van der Waals surface area contributed by atoms with E-state index in [0.717, 1.165) is 4.88 Å². The molecule has 0 radical (unpaired) electrons. The van der Waals surface area contributed by atoms with Crippen molar-refractivity contribution in [3.63, 3.8) is 0 Å². The molecule has 3 aromatic heterocycles. The maximum atomic E-state index is 13.5. The van der Waals surface area contributed by atoms with Gasteiger partial charge in [-0.15, -0.1) is 11.3 Å². The Hall–Kier alpha value is -3.56. The summed E-state index contributed by atoms with van der Waals surface area (Å²) in [6.07, 6.45) is 3.21. The van der Waals surface area contributed by atoms with Crippen molar-refractivity contribution in [3.8, 4) is 0 Å². The molecule has 0 aromatic carbocycles. The molecular weight excluding hydrogens is 532 g/mol. The number of nitrogens with zero attached hydrogens (tertiary/aromatic N) is 5. The van der Waals surface area contributed by atoms with Crippen molar-refractivity contribution in [1.29, 1.82) is 0 Å². The van der Waals surface area contributed by atoms with Crippen LogP contribution in [-0.2, 0) is 40.1 Å². The number of carbonyl (C=O) groups is 3. The van der Waals surface area contributed by atoms with Crippen molar-refractivity contribution in [2.75, 3.05) is 6.54 Å². The van der Waals surface area contributed by atoms with Crippen molar-refractivity contribution in [2.45, 2.75) is 49.3 Å². The van der Waals surface area contributed by atoms with Crippen molar-refractivity contribution < 1.29 is 22.8 Å². The van der Waals surface area contributed by atoms with E-state index in [9.17, 15) is 22.8 Å². The summed E-state index contributed by atoms with van der Waals surface area (Å²) in [5.74, 6) is -1.73. The number of hydrogen-bond acceptors (Lipinski definition) is 8. The van der Waals surface area contributed by atoms with E-state index in [1.165, 1.54) is 38.0 Å². The third-order valence-corrected chi connectivity index (χ3v) is 8.61. The van der Waals surface area contributed by atoms with E-state index in [4.69, 9.17) is 5.73 Å². The molecule has 13 nitrogen and oxygen atoms in total. The zero-order chi connectivity index (χ0) is 27.6. The van der Waals surface area contributed by atoms with Gasteiger partial charge in [0.15, 0.2) is 5.03 Å². The smallest absolute Gasteiger partial charge is 0.272 e. The van der Waals surface area contributed by atoms with Gasteiger partial charge in [-0.3, -0.25) is 19.1 Å². The normalized spacial score (nSPS) is 18.8. The molecule has 3 atom stereocenters. The van der Waals surface area contributed by atoms with E-state index in [0.29, 0.717) is 5.69 Å². The molecule has 38 heavy (non-hydrogen) atoms. The largest absolute Gasteiger partial charge is 0.368 e. The fourth-order valence-corrected chi connectivity index (χ4v) is 6.47. The Morgan fingerprint density at radius 2 is 2.05 bits per heavy atom. The van der Waals surface area contributed by atoms with Gasteiger partial charge in [0.2, 0.25) is 11.8 Å². The number of rotatable bonds is 9. The fourth-order valence-electron chi connectivity index (χ4n) is 4.45. The molecule has 4 heterocycles. The van der Waals surface area contributed by atoms with E-state index in [-0.39, 0.29) is 36.5 Å². The van der Waals surface area contributed by atoms with Crippen LogP contribution in [0.25, 0.3) is 0 Å². The van der Waals surface area contributed by atoms with Gasteiger partial charge in [0, 0.05) is 44.2 Å². The van der Waals surface area contributed by atoms with Gasteiger partial charge >= 0.3 is 0 Å². The van der Waals surface area contributed by atoms with E-state index in [2.05, 4.69) is 20.1 Å². The first-order valence-corrected chi connectivity index (χ1v) is 14.2. The quantitative estimate of drug-likeness (QED) is 0.320. The number of aryl methyl sites for hydroxylation is 3. The Morgan fingerprint density at radius 3 is 2.63 bits per heavy atom. The zero-order valence-electron chi connectivity index (χ0n) is 21.2. The molecule has 0 unspecified atom stereocenters. The summed E-state index contributed by atoms with van der Waals surface area (Å²) in [6.45, 7) is 1.85. The minimum absolute atomic E-state index is 0.00897. The predicted octanol–water partition coefficient (Wildman–Crippen LogP) is -0.312. The number of primary amides is 1. The zero-order valence-corrected chi connectivity index (χ0v) is 22.8. The first-order chi connectivity index (χ1) is 17.9. The second-order valence-corrected chi connectivity index (χ2v) is 12.0. The van der Waals surface area contributed by atoms with Crippen LogP contribution in [0.2, 0.25) is 0 Å². The van der Waals surface area contributed by atoms with Crippen molar-refractivity contribution in [1.82, 2.24) is 34.3 Å². The standard InChI is InChI=1S/C23H30N8O5S2/c1-14-9-19(30(3)27-14)23(34)31-7-6-15(28-38(35,36)20-12-29(2)13-25-20)10-18(31)22(33)26-17(21(24)32)11-16-5-4-8-37-16/h4-5,8-9,12-13,15,17-18,28H,6-7,10-11H2,1-3H3,(H2,24,32)(H,26,33)/t15-,17-,18-/m0/s1. The summed E-state index contributed by atoms with van der Waals surface area (Å²) < 4.78 is 31.3. The van der Waals surface area contributed by atoms with Crippen molar-refractivity contribution in [2.24, 2.45) is 19.8 Å². The van der Waals surface area contributed by atoms with E-state index >= 15 is 0 Å². The molecule has 4 N–H and O–H groups in total. The molecule has 0 saturated carbocycles. The highest BCUT2D eigenvalue weighted by Gasteiger charge is 2.40. The highest BCUT2D eigenvalue weighted by molar-refractivity contribution is 7.89. The Bertz CT molecular complexity index is 1430. The highest BCUT2D eigenvalue weighted by atomic mass is 32.2. The molecule has 1 saturated heterocycles. The lowest BCUT2D eigenvalue weighted by Gasteiger charge is -2.39. The lowest BCUT2D eigenvalue weighted by Crippen LogP contribution is -2.60. The Balaban J connectivity index is 1.58. The number of aromatic nitrogens is 4. The molecule has 1 fully saturated rings. The van der Waals surface area contributed by atoms with Gasteiger partial charge in [0.25, 0.3) is 15.9 Å². The number of piperidine rings is 1. The number of hydrogen-bond donors (Lipinski definition) is 3. The number of thiophene rings is 1. The molecule has 3 aromatic rings. The number of amides is 3. The number of likely N-dealkylation sites (tertiary alicyclic amines) is 1. The molecule has 15 heteroatoms. The van der Waals surface area contributed by atoms with Crippen LogP contribution in [0.15, 0.2) is 41.1 Å². The Kier molecular flexibility index (Phi) is 7.99. The SMILES string of the molecule is Cc1cc(C(=O)N2CC[C@H](NS(=O)(=O)c3cn(C)cn3)C[C@H]2C(=O)N[C@@H](Cc2cccs2)C(N)=O)n(C)n1. The molecule has 1 aliphatic rings. The van der Waals surface area contributed by atoms with Gasteiger partial charge in [-0.2, -0.15) is 5.10 Å². The third kappa shape index (κ3) is 6.11. The maximum absolute atomic E-state index is 13.5. The van der Waals surface area contributed by atoms with Crippen LogP contribution in [-0.4, -0.2) is 75.0 Å². The van der Waals surface area contributed by atoms with Crippen LogP contribution < -0.4 is 15.8 Å². The minimum atomic E-state index is -3.96. The number of nitrogens with one attached hydrogen (secondary N) is 2. The van der Waals surface area contributed by atoms with E-state index < -0.39 is 45.9 Å². The van der Waals surface area contributed by atoms with E-state index in [1.54, 1.807) is 27.1 Å². The molecule has 0 spiro atoms. The molecule has 1 aliphatic heterocycles. The van der Waals surface area contributed by atoms with Gasteiger partial charge < -0.3 is 20.5 Å². The topological polar surface area (TPSA) is 174 Å².